The van der Waals surface area contributed by atoms with Crippen molar-refractivity contribution in [1.82, 2.24) is 15.2 Å². The van der Waals surface area contributed by atoms with Crippen molar-refractivity contribution in [3.63, 3.8) is 0 Å². The molecule has 94 valence electrons. The van der Waals surface area contributed by atoms with Crippen molar-refractivity contribution in [2.75, 3.05) is 12.4 Å². The maximum atomic E-state index is 11.6. The van der Waals surface area contributed by atoms with Crippen molar-refractivity contribution >= 4 is 29.3 Å². The molecule has 7 heteroatoms. The van der Waals surface area contributed by atoms with Gasteiger partial charge >= 0.3 is 6.01 Å². The van der Waals surface area contributed by atoms with Crippen LogP contribution in [0.1, 0.15) is 9.75 Å². The standard InChI is InChI=1S/C11H12N4O2S/c1-7-3-4-8(18-7)5-6-9(16)12-10-13-11(17-2)15-14-10/h3-6H,1-2H3,(H2,12,13,14,15,16)/b6-5+. The van der Waals surface area contributed by atoms with E-state index in [2.05, 4.69) is 20.5 Å². The van der Waals surface area contributed by atoms with Gasteiger partial charge in [0.15, 0.2) is 0 Å². The van der Waals surface area contributed by atoms with Gasteiger partial charge in [-0.05, 0) is 25.1 Å². The molecule has 6 nitrogen and oxygen atoms in total. The fourth-order valence-electron chi connectivity index (χ4n) is 1.25. The zero-order valence-corrected chi connectivity index (χ0v) is 10.7. The summed E-state index contributed by atoms with van der Waals surface area (Å²) in [6.45, 7) is 2.02. The molecular weight excluding hydrogens is 252 g/mol. The van der Waals surface area contributed by atoms with Crippen molar-refractivity contribution in [3.05, 3.63) is 28.0 Å². The van der Waals surface area contributed by atoms with Crippen LogP contribution >= 0.6 is 11.3 Å². The molecule has 0 radical (unpaired) electrons. The van der Waals surface area contributed by atoms with Crippen molar-refractivity contribution in [2.45, 2.75) is 6.92 Å². The molecule has 0 aliphatic carbocycles. The van der Waals surface area contributed by atoms with Gasteiger partial charge < -0.3 is 4.74 Å². The van der Waals surface area contributed by atoms with Crippen LogP contribution in [0.5, 0.6) is 6.01 Å². The van der Waals surface area contributed by atoms with Gasteiger partial charge in [-0.3, -0.25) is 10.1 Å². The highest BCUT2D eigenvalue weighted by atomic mass is 32.1. The molecule has 2 rings (SSSR count). The van der Waals surface area contributed by atoms with E-state index in [9.17, 15) is 4.79 Å². The molecule has 0 aliphatic rings. The number of aromatic amines is 1. The van der Waals surface area contributed by atoms with E-state index in [1.807, 2.05) is 19.1 Å². The number of rotatable bonds is 4. The van der Waals surface area contributed by atoms with Gasteiger partial charge in [-0.2, -0.15) is 4.98 Å². The average Bonchev–Trinajstić information content (AvgIpc) is 2.95. The second-order valence-corrected chi connectivity index (χ2v) is 4.76. The fraction of sp³-hybridized carbons (Fsp3) is 0.182. The predicted molar refractivity (Wildman–Crippen MR) is 69.7 cm³/mol. The molecular formula is C11H12N4O2S. The summed E-state index contributed by atoms with van der Waals surface area (Å²) >= 11 is 1.62. The number of anilines is 1. The lowest BCUT2D eigenvalue weighted by atomic mass is 10.4. The Morgan fingerprint density at radius 3 is 3.00 bits per heavy atom. The molecule has 2 aromatic rings. The summed E-state index contributed by atoms with van der Waals surface area (Å²) < 4.78 is 4.79. The minimum atomic E-state index is -0.278. The number of aromatic nitrogens is 3. The fourth-order valence-corrected chi connectivity index (χ4v) is 2.03. The zero-order valence-electron chi connectivity index (χ0n) is 9.93. The lowest BCUT2D eigenvalue weighted by Crippen LogP contribution is -2.08. The van der Waals surface area contributed by atoms with E-state index in [0.29, 0.717) is 0 Å². The largest absolute Gasteiger partial charge is 0.466 e. The Kier molecular flexibility index (Phi) is 3.73. The normalized spacial score (nSPS) is 10.8. The number of nitrogens with zero attached hydrogens (tertiary/aromatic N) is 2. The van der Waals surface area contributed by atoms with Crippen LogP contribution in [0.4, 0.5) is 5.95 Å². The molecule has 1 amide bonds. The Balaban J connectivity index is 1.94. The van der Waals surface area contributed by atoms with Crippen LogP contribution in [-0.2, 0) is 4.79 Å². The number of amides is 1. The Hall–Kier alpha value is -2.15. The van der Waals surface area contributed by atoms with Gasteiger partial charge in [0.05, 0.1) is 7.11 Å². The highest BCUT2D eigenvalue weighted by Crippen LogP contribution is 2.16. The van der Waals surface area contributed by atoms with Crippen molar-refractivity contribution in [2.24, 2.45) is 0 Å². The number of aryl methyl sites for hydroxylation is 1. The number of hydrogen-bond acceptors (Lipinski definition) is 5. The molecule has 2 N–H and O–H groups in total. The number of methoxy groups -OCH3 is 1. The number of ether oxygens (including phenoxy) is 1. The van der Waals surface area contributed by atoms with Crippen LogP contribution in [0.2, 0.25) is 0 Å². The van der Waals surface area contributed by atoms with Crippen LogP contribution in [0, 0.1) is 6.92 Å². The smallest absolute Gasteiger partial charge is 0.336 e. The van der Waals surface area contributed by atoms with E-state index < -0.39 is 0 Å². The molecule has 0 aromatic carbocycles. The quantitative estimate of drug-likeness (QED) is 0.826. The first-order chi connectivity index (χ1) is 8.67. The summed E-state index contributed by atoms with van der Waals surface area (Å²) in [5, 5.41) is 8.80. The van der Waals surface area contributed by atoms with Crippen LogP contribution < -0.4 is 10.1 Å². The van der Waals surface area contributed by atoms with Gasteiger partial charge in [-0.25, -0.2) is 5.10 Å². The summed E-state index contributed by atoms with van der Waals surface area (Å²) in [7, 11) is 1.45. The summed E-state index contributed by atoms with van der Waals surface area (Å²) in [5.74, 6) is -0.0243. The van der Waals surface area contributed by atoms with Crippen molar-refractivity contribution in [1.29, 1.82) is 0 Å². The van der Waals surface area contributed by atoms with Gasteiger partial charge in [0.1, 0.15) is 0 Å². The Bertz CT molecular complexity index is 573. The maximum Gasteiger partial charge on any atom is 0.336 e. The number of carbonyl (C=O) groups excluding carboxylic acids is 1. The van der Waals surface area contributed by atoms with E-state index in [1.54, 1.807) is 17.4 Å². The van der Waals surface area contributed by atoms with E-state index in [0.717, 1.165) is 4.88 Å². The first-order valence-corrected chi connectivity index (χ1v) is 6.01. The molecule has 0 bridgehead atoms. The van der Waals surface area contributed by atoms with Gasteiger partial charge in [-0.15, -0.1) is 16.4 Å². The zero-order chi connectivity index (χ0) is 13.0. The number of nitrogens with one attached hydrogen (secondary N) is 2. The summed E-state index contributed by atoms with van der Waals surface area (Å²) in [5.41, 5.74) is 0. The Labute approximate surface area is 108 Å². The molecule has 18 heavy (non-hydrogen) atoms. The monoisotopic (exact) mass is 264 g/mol. The Morgan fingerprint density at radius 2 is 2.39 bits per heavy atom. The maximum absolute atomic E-state index is 11.6. The van der Waals surface area contributed by atoms with Crippen molar-refractivity contribution < 1.29 is 9.53 Å². The van der Waals surface area contributed by atoms with E-state index in [-0.39, 0.29) is 17.9 Å². The number of hydrogen-bond donors (Lipinski definition) is 2. The van der Waals surface area contributed by atoms with Gasteiger partial charge in [0.2, 0.25) is 5.95 Å². The summed E-state index contributed by atoms with van der Waals surface area (Å²) in [6.07, 6.45) is 3.20. The lowest BCUT2D eigenvalue weighted by Gasteiger charge is -1.94. The summed E-state index contributed by atoms with van der Waals surface area (Å²) in [6, 6.07) is 4.15. The van der Waals surface area contributed by atoms with Gasteiger partial charge in [-0.1, -0.05) is 0 Å². The van der Waals surface area contributed by atoms with Crippen LogP contribution in [0.15, 0.2) is 18.2 Å². The van der Waals surface area contributed by atoms with Gasteiger partial charge in [0, 0.05) is 15.8 Å². The van der Waals surface area contributed by atoms with E-state index in [1.165, 1.54) is 18.1 Å². The highest BCUT2D eigenvalue weighted by Gasteiger charge is 2.04. The second-order valence-electron chi connectivity index (χ2n) is 3.44. The molecule has 0 atom stereocenters. The third kappa shape index (κ3) is 3.17. The lowest BCUT2D eigenvalue weighted by molar-refractivity contribution is -0.111. The highest BCUT2D eigenvalue weighted by molar-refractivity contribution is 7.12. The van der Waals surface area contributed by atoms with Crippen LogP contribution in [-0.4, -0.2) is 28.2 Å². The molecule has 0 unspecified atom stereocenters. The van der Waals surface area contributed by atoms with Crippen molar-refractivity contribution in [3.8, 4) is 6.01 Å². The summed E-state index contributed by atoms with van der Waals surface area (Å²) in [4.78, 5) is 17.7. The van der Waals surface area contributed by atoms with E-state index >= 15 is 0 Å². The minimum Gasteiger partial charge on any atom is -0.466 e. The number of H-pyrrole nitrogens is 1. The van der Waals surface area contributed by atoms with Crippen LogP contribution in [0.3, 0.4) is 0 Å². The van der Waals surface area contributed by atoms with Gasteiger partial charge in [0.25, 0.3) is 5.91 Å². The average molecular weight is 264 g/mol. The Morgan fingerprint density at radius 1 is 1.56 bits per heavy atom. The molecule has 0 saturated carbocycles. The van der Waals surface area contributed by atoms with E-state index in [4.69, 9.17) is 4.74 Å². The third-order valence-corrected chi connectivity index (χ3v) is 3.02. The predicted octanol–water partition coefficient (Wildman–Crippen LogP) is 1.84. The molecule has 0 spiro atoms. The molecule has 2 aromatic heterocycles. The number of thiophene rings is 1. The molecule has 2 heterocycles. The van der Waals surface area contributed by atoms with Crippen LogP contribution in [0.25, 0.3) is 6.08 Å². The topological polar surface area (TPSA) is 79.9 Å². The SMILES string of the molecule is COc1n[nH]c(NC(=O)/C=C/c2ccc(C)s2)n1. The first kappa shape index (κ1) is 12.3. The number of carbonyl (C=O) groups is 1. The molecule has 0 aliphatic heterocycles. The molecule has 0 fully saturated rings. The second kappa shape index (κ2) is 5.46. The third-order valence-electron chi connectivity index (χ3n) is 2.05. The molecule has 0 saturated heterocycles. The first-order valence-electron chi connectivity index (χ1n) is 5.19. The minimum absolute atomic E-state index is 0.183.